The smallest absolute Gasteiger partial charge is 0.249 e. The fraction of sp³-hybridized carbons (Fsp3) is 0.182. The maximum absolute atomic E-state index is 13.6. The number of fused-ring (bicyclic) bond motifs is 1. The first kappa shape index (κ1) is 25.9. The monoisotopic (exact) mass is 516 g/mol. The van der Waals surface area contributed by atoms with Gasteiger partial charge in [0.1, 0.15) is 6.04 Å². The van der Waals surface area contributed by atoms with Crippen LogP contribution < -0.4 is 10.2 Å². The quantitative estimate of drug-likeness (QED) is 0.288. The lowest BCUT2D eigenvalue weighted by molar-refractivity contribution is -0.127. The maximum Gasteiger partial charge on any atom is 0.249 e. The molecule has 3 aromatic carbocycles. The standard InChI is InChI=1S/C33H32N4O2/c1-24-29(28-15-9-10-16-31(28)37(24)23-26-17-19-34-20-18-26)22-32(38)35-30(21-25-11-5-3-6-12-25)33(39)36(2)27-13-7-4-8-14-27/h3-20,30H,21-23H2,1-2H3,(H,35,38)/t30-/m0/s1. The number of nitrogens with zero attached hydrogens (tertiary/aromatic N) is 3. The minimum absolute atomic E-state index is 0.157. The van der Waals surface area contributed by atoms with Gasteiger partial charge in [-0.3, -0.25) is 14.6 Å². The predicted molar refractivity (Wildman–Crippen MR) is 156 cm³/mol. The van der Waals surface area contributed by atoms with E-state index in [0.717, 1.165) is 39.0 Å². The molecule has 5 aromatic rings. The number of amides is 2. The van der Waals surface area contributed by atoms with E-state index in [-0.39, 0.29) is 18.2 Å². The number of carbonyl (C=O) groups excluding carboxylic acids is 2. The summed E-state index contributed by atoms with van der Waals surface area (Å²) >= 11 is 0. The van der Waals surface area contributed by atoms with Crippen molar-refractivity contribution < 1.29 is 9.59 Å². The molecule has 0 unspecified atom stereocenters. The Bertz CT molecular complexity index is 1560. The van der Waals surface area contributed by atoms with Crippen LogP contribution >= 0.6 is 0 Å². The Morgan fingerprint density at radius 2 is 1.49 bits per heavy atom. The van der Waals surface area contributed by atoms with Crippen LogP contribution in [0.4, 0.5) is 5.69 Å². The van der Waals surface area contributed by atoms with E-state index in [9.17, 15) is 9.59 Å². The molecule has 0 aliphatic heterocycles. The minimum atomic E-state index is -0.699. The number of para-hydroxylation sites is 2. The fourth-order valence-corrected chi connectivity index (χ4v) is 5.07. The largest absolute Gasteiger partial charge is 0.344 e. The fourth-order valence-electron chi connectivity index (χ4n) is 5.07. The van der Waals surface area contributed by atoms with Crippen LogP contribution in [-0.4, -0.2) is 34.5 Å². The van der Waals surface area contributed by atoms with Crippen LogP contribution in [0.2, 0.25) is 0 Å². The lowest BCUT2D eigenvalue weighted by atomic mass is 10.0. The van der Waals surface area contributed by atoms with Crippen molar-refractivity contribution in [3.8, 4) is 0 Å². The van der Waals surface area contributed by atoms with E-state index in [1.807, 2.05) is 84.9 Å². The average Bonchev–Trinajstić information content (AvgIpc) is 3.23. The number of aromatic nitrogens is 2. The molecule has 0 saturated heterocycles. The predicted octanol–water partition coefficient (Wildman–Crippen LogP) is 5.33. The van der Waals surface area contributed by atoms with Gasteiger partial charge in [0.2, 0.25) is 11.8 Å². The van der Waals surface area contributed by atoms with Gasteiger partial charge < -0.3 is 14.8 Å². The number of pyridine rings is 1. The van der Waals surface area contributed by atoms with Gasteiger partial charge in [-0.15, -0.1) is 0 Å². The summed E-state index contributed by atoms with van der Waals surface area (Å²) in [6.07, 6.45) is 4.18. The van der Waals surface area contributed by atoms with E-state index in [1.54, 1.807) is 24.3 Å². The van der Waals surface area contributed by atoms with Crippen LogP contribution in [0.25, 0.3) is 10.9 Å². The molecular weight excluding hydrogens is 484 g/mol. The number of likely N-dealkylation sites (N-methyl/N-ethyl adjacent to an activating group) is 1. The molecule has 0 aliphatic carbocycles. The summed E-state index contributed by atoms with van der Waals surface area (Å²) in [7, 11) is 1.75. The number of hydrogen-bond acceptors (Lipinski definition) is 3. The van der Waals surface area contributed by atoms with E-state index >= 15 is 0 Å². The summed E-state index contributed by atoms with van der Waals surface area (Å²) in [5.41, 5.74) is 6.00. The van der Waals surface area contributed by atoms with Crippen LogP contribution in [-0.2, 0) is 29.0 Å². The molecule has 6 heteroatoms. The van der Waals surface area contributed by atoms with E-state index in [2.05, 4.69) is 33.9 Å². The number of rotatable bonds is 9. The van der Waals surface area contributed by atoms with Crippen molar-refractivity contribution in [3.05, 3.63) is 132 Å². The summed E-state index contributed by atoms with van der Waals surface area (Å²) in [5, 5.41) is 4.12. The Morgan fingerprint density at radius 3 is 2.21 bits per heavy atom. The molecule has 5 rings (SSSR count). The van der Waals surface area contributed by atoms with Crippen molar-refractivity contribution >= 4 is 28.4 Å². The second-order valence-corrected chi connectivity index (χ2v) is 9.74. The highest BCUT2D eigenvalue weighted by Crippen LogP contribution is 2.27. The summed E-state index contributed by atoms with van der Waals surface area (Å²) in [6.45, 7) is 2.74. The normalized spacial score (nSPS) is 11.7. The van der Waals surface area contributed by atoms with Crippen molar-refractivity contribution in [2.24, 2.45) is 0 Å². The molecule has 0 bridgehead atoms. The highest BCUT2D eigenvalue weighted by atomic mass is 16.2. The number of anilines is 1. The van der Waals surface area contributed by atoms with Gasteiger partial charge in [0.05, 0.1) is 6.42 Å². The summed E-state index contributed by atoms with van der Waals surface area (Å²) < 4.78 is 2.24. The number of hydrogen-bond donors (Lipinski definition) is 1. The van der Waals surface area contributed by atoms with Gasteiger partial charge in [-0.05, 0) is 53.9 Å². The SMILES string of the molecule is Cc1c(CC(=O)N[C@@H](Cc2ccccc2)C(=O)N(C)c2ccccc2)c2ccccc2n1Cc1ccncc1. The summed E-state index contributed by atoms with van der Waals surface area (Å²) in [5.74, 6) is -0.337. The first-order valence-electron chi connectivity index (χ1n) is 13.1. The topological polar surface area (TPSA) is 67.2 Å². The molecule has 0 radical (unpaired) electrons. The van der Waals surface area contributed by atoms with Gasteiger partial charge in [-0.1, -0.05) is 66.7 Å². The number of carbonyl (C=O) groups is 2. The molecule has 39 heavy (non-hydrogen) atoms. The second-order valence-electron chi connectivity index (χ2n) is 9.74. The Hall–Kier alpha value is -4.71. The highest BCUT2D eigenvalue weighted by molar-refractivity contribution is 5.99. The average molecular weight is 517 g/mol. The van der Waals surface area contributed by atoms with Crippen molar-refractivity contribution in [2.75, 3.05) is 11.9 Å². The van der Waals surface area contributed by atoms with Crippen LogP contribution in [0.3, 0.4) is 0 Å². The Morgan fingerprint density at radius 1 is 0.846 bits per heavy atom. The molecule has 2 heterocycles. The van der Waals surface area contributed by atoms with Gasteiger partial charge in [0, 0.05) is 54.7 Å². The Labute approximate surface area is 228 Å². The van der Waals surface area contributed by atoms with Crippen LogP contribution in [0.5, 0.6) is 0 Å². The zero-order valence-electron chi connectivity index (χ0n) is 22.2. The molecule has 0 fully saturated rings. The van der Waals surface area contributed by atoms with Crippen molar-refractivity contribution in [3.63, 3.8) is 0 Å². The lowest BCUT2D eigenvalue weighted by Crippen LogP contribution is -2.49. The number of nitrogens with one attached hydrogen (secondary N) is 1. The summed E-state index contributed by atoms with van der Waals surface area (Å²) in [6, 6.07) is 30.7. The van der Waals surface area contributed by atoms with E-state index in [4.69, 9.17) is 0 Å². The van der Waals surface area contributed by atoms with Gasteiger partial charge >= 0.3 is 0 Å². The first-order valence-corrected chi connectivity index (χ1v) is 13.1. The third-order valence-electron chi connectivity index (χ3n) is 7.18. The molecule has 0 aliphatic rings. The molecule has 0 saturated carbocycles. The highest BCUT2D eigenvalue weighted by Gasteiger charge is 2.26. The molecule has 196 valence electrons. The molecule has 6 nitrogen and oxygen atoms in total. The zero-order chi connectivity index (χ0) is 27.2. The molecular formula is C33H32N4O2. The van der Waals surface area contributed by atoms with Crippen molar-refractivity contribution in [2.45, 2.75) is 32.4 Å². The third-order valence-corrected chi connectivity index (χ3v) is 7.18. The van der Waals surface area contributed by atoms with Gasteiger partial charge in [0.15, 0.2) is 0 Å². The maximum atomic E-state index is 13.6. The van der Waals surface area contributed by atoms with Crippen LogP contribution in [0, 0.1) is 6.92 Å². The minimum Gasteiger partial charge on any atom is -0.344 e. The third kappa shape index (κ3) is 5.91. The first-order chi connectivity index (χ1) is 19.0. The van der Waals surface area contributed by atoms with E-state index in [0.29, 0.717) is 13.0 Å². The molecule has 0 spiro atoms. The Balaban J connectivity index is 1.41. The zero-order valence-corrected chi connectivity index (χ0v) is 22.2. The van der Waals surface area contributed by atoms with E-state index < -0.39 is 6.04 Å². The van der Waals surface area contributed by atoms with E-state index in [1.165, 1.54) is 0 Å². The number of benzene rings is 3. The molecule has 2 aromatic heterocycles. The van der Waals surface area contributed by atoms with Crippen LogP contribution in [0.15, 0.2) is 109 Å². The second kappa shape index (κ2) is 11.8. The van der Waals surface area contributed by atoms with Crippen molar-refractivity contribution in [1.29, 1.82) is 0 Å². The Kier molecular flexibility index (Phi) is 7.83. The lowest BCUT2D eigenvalue weighted by Gasteiger charge is -2.25. The van der Waals surface area contributed by atoms with Crippen molar-refractivity contribution in [1.82, 2.24) is 14.9 Å². The van der Waals surface area contributed by atoms with Gasteiger partial charge in [-0.25, -0.2) is 0 Å². The van der Waals surface area contributed by atoms with Gasteiger partial charge in [0.25, 0.3) is 0 Å². The molecule has 1 N–H and O–H groups in total. The van der Waals surface area contributed by atoms with Crippen LogP contribution in [0.1, 0.15) is 22.4 Å². The summed E-state index contributed by atoms with van der Waals surface area (Å²) in [4.78, 5) is 32.9. The molecule has 2 amide bonds. The molecule has 1 atom stereocenters. The van der Waals surface area contributed by atoms with Gasteiger partial charge in [-0.2, -0.15) is 0 Å².